The monoisotopic (exact) mass is 201 g/mol. The fourth-order valence-corrected chi connectivity index (χ4v) is 1.37. The zero-order chi connectivity index (χ0) is 11.5. The molecule has 0 unspecified atom stereocenters. The van der Waals surface area contributed by atoms with Crippen molar-refractivity contribution in [1.82, 2.24) is 4.98 Å². The summed E-state index contributed by atoms with van der Waals surface area (Å²) in [5.74, 6) is 0. The van der Waals surface area contributed by atoms with Crippen LogP contribution in [0.5, 0.6) is 0 Å². The van der Waals surface area contributed by atoms with Crippen LogP contribution in [0.1, 0.15) is 44.6 Å². The standard InChI is InChI=1S/C14H19N/c1-6-8-12-11(7-2)9-10-13(15-12)14(3,4)5/h6-10H,2H2,1,3-5H3/b8-6-. The maximum Gasteiger partial charge on any atom is 0.0702 e. The lowest BCUT2D eigenvalue weighted by atomic mass is 9.91. The molecule has 1 aromatic rings. The van der Waals surface area contributed by atoms with Crippen LogP contribution in [0.25, 0.3) is 12.2 Å². The molecule has 0 amide bonds. The van der Waals surface area contributed by atoms with E-state index in [1.807, 2.05) is 25.2 Å². The molecule has 0 bridgehead atoms. The van der Waals surface area contributed by atoms with Crippen LogP contribution in [-0.4, -0.2) is 4.98 Å². The Kier molecular flexibility index (Phi) is 3.46. The van der Waals surface area contributed by atoms with Gasteiger partial charge in [-0.3, -0.25) is 4.98 Å². The fourth-order valence-electron chi connectivity index (χ4n) is 1.37. The molecule has 0 fully saturated rings. The summed E-state index contributed by atoms with van der Waals surface area (Å²) < 4.78 is 0. The average molecular weight is 201 g/mol. The van der Waals surface area contributed by atoms with Crippen LogP contribution < -0.4 is 0 Å². The van der Waals surface area contributed by atoms with Gasteiger partial charge < -0.3 is 0 Å². The summed E-state index contributed by atoms with van der Waals surface area (Å²) in [6, 6.07) is 4.15. The van der Waals surface area contributed by atoms with E-state index in [-0.39, 0.29) is 5.41 Å². The molecule has 15 heavy (non-hydrogen) atoms. The molecule has 0 saturated heterocycles. The van der Waals surface area contributed by atoms with E-state index in [1.54, 1.807) is 0 Å². The lowest BCUT2D eigenvalue weighted by Gasteiger charge is -2.18. The van der Waals surface area contributed by atoms with E-state index in [2.05, 4.69) is 44.5 Å². The summed E-state index contributed by atoms with van der Waals surface area (Å²) in [5.41, 5.74) is 3.29. The molecule has 1 heteroatoms. The Morgan fingerprint density at radius 1 is 1.27 bits per heavy atom. The number of pyridine rings is 1. The summed E-state index contributed by atoms with van der Waals surface area (Å²) in [4.78, 5) is 4.65. The second kappa shape index (κ2) is 4.43. The van der Waals surface area contributed by atoms with E-state index in [4.69, 9.17) is 0 Å². The van der Waals surface area contributed by atoms with Crippen molar-refractivity contribution < 1.29 is 0 Å². The summed E-state index contributed by atoms with van der Waals surface area (Å²) in [6.45, 7) is 12.3. The Labute approximate surface area is 92.6 Å². The Morgan fingerprint density at radius 3 is 2.40 bits per heavy atom. The van der Waals surface area contributed by atoms with Crippen molar-refractivity contribution in [1.29, 1.82) is 0 Å². The molecule has 0 N–H and O–H groups in total. The van der Waals surface area contributed by atoms with Crippen molar-refractivity contribution >= 4 is 12.2 Å². The molecule has 0 saturated carbocycles. The van der Waals surface area contributed by atoms with Crippen LogP contribution in [-0.2, 0) is 5.41 Å². The van der Waals surface area contributed by atoms with Crippen molar-refractivity contribution in [3.8, 4) is 0 Å². The maximum absolute atomic E-state index is 4.65. The Hall–Kier alpha value is -1.37. The van der Waals surface area contributed by atoms with Crippen molar-refractivity contribution in [3.63, 3.8) is 0 Å². The third-order valence-corrected chi connectivity index (χ3v) is 2.27. The quantitative estimate of drug-likeness (QED) is 0.703. The number of aromatic nitrogens is 1. The molecule has 0 radical (unpaired) electrons. The van der Waals surface area contributed by atoms with E-state index >= 15 is 0 Å². The first-order valence-electron chi connectivity index (χ1n) is 5.25. The third kappa shape index (κ3) is 2.79. The van der Waals surface area contributed by atoms with Crippen LogP contribution >= 0.6 is 0 Å². The maximum atomic E-state index is 4.65. The largest absolute Gasteiger partial charge is 0.252 e. The molecule has 0 atom stereocenters. The molecule has 0 aliphatic carbocycles. The zero-order valence-corrected chi connectivity index (χ0v) is 10.0. The van der Waals surface area contributed by atoms with Crippen LogP contribution in [0.4, 0.5) is 0 Å². The number of allylic oxidation sites excluding steroid dienone is 1. The van der Waals surface area contributed by atoms with Gasteiger partial charge in [0.1, 0.15) is 0 Å². The van der Waals surface area contributed by atoms with Crippen molar-refractivity contribution in [2.24, 2.45) is 0 Å². The van der Waals surface area contributed by atoms with Gasteiger partial charge >= 0.3 is 0 Å². The zero-order valence-electron chi connectivity index (χ0n) is 10.0. The van der Waals surface area contributed by atoms with Gasteiger partial charge in [-0.25, -0.2) is 0 Å². The van der Waals surface area contributed by atoms with Crippen molar-refractivity contribution in [3.05, 3.63) is 41.7 Å². The smallest absolute Gasteiger partial charge is 0.0702 e. The van der Waals surface area contributed by atoms with Gasteiger partial charge in [-0.15, -0.1) is 0 Å². The van der Waals surface area contributed by atoms with Crippen molar-refractivity contribution in [2.75, 3.05) is 0 Å². The fraction of sp³-hybridized carbons (Fsp3) is 0.357. The lowest BCUT2D eigenvalue weighted by molar-refractivity contribution is 0.568. The Balaban J connectivity index is 3.28. The van der Waals surface area contributed by atoms with Gasteiger partial charge in [-0.2, -0.15) is 0 Å². The second-order valence-electron chi connectivity index (χ2n) is 4.63. The molecule has 0 spiro atoms. The van der Waals surface area contributed by atoms with Gasteiger partial charge in [0.05, 0.1) is 5.69 Å². The van der Waals surface area contributed by atoms with Crippen LogP contribution in [0, 0.1) is 0 Å². The third-order valence-electron chi connectivity index (χ3n) is 2.27. The molecule has 1 aromatic heterocycles. The van der Waals surface area contributed by atoms with Gasteiger partial charge in [-0.1, -0.05) is 45.6 Å². The summed E-state index contributed by atoms with van der Waals surface area (Å²) in [7, 11) is 0. The van der Waals surface area contributed by atoms with E-state index in [1.165, 1.54) is 0 Å². The number of nitrogens with zero attached hydrogens (tertiary/aromatic N) is 1. The Bertz CT molecular complexity index is 381. The highest BCUT2D eigenvalue weighted by atomic mass is 14.7. The first-order chi connectivity index (χ1) is 6.99. The summed E-state index contributed by atoms with van der Waals surface area (Å²) >= 11 is 0. The van der Waals surface area contributed by atoms with E-state index < -0.39 is 0 Å². The SMILES string of the molecule is C=Cc1ccc(C(C)(C)C)nc1/C=C\C. The van der Waals surface area contributed by atoms with Crippen molar-refractivity contribution in [2.45, 2.75) is 33.1 Å². The highest BCUT2D eigenvalue weighted by Gasteiger charge is 2.15. The Morgan fingerprint density at radius 2 is 1.93 bits per heavy atom. The minimum absolute atomic E-state index is 0.0933. The predicted octanol–water partition coefficient (Wildman–Crippen LogP) is 4.06. The van der Waals surface area contributed by atoms with Gasteiger partial charge in [0.2, 0.25) is 0 Å². The number of rotatable bonds is 2. The second-order valence-corrected chi connectivity index (χ2v) is 4.63. The van der Waals surface area contributed by atoms with Gasteiger partial charge in [0.25, 0.3) is 0 Å². The normalized spacial score (nSPS) is 12.0. The average Bonchev–Trinajstić information content (AvgIpc) is 2.17. The molecule has 1 heterocycles. The van der Waals surface area contributed by atoms with Gasteiger partial charge in [0.15, 0.2) is 0 Å². The lowest BCUT2D eigenvalue weighted by Crippen LogP contribution is -2.14. The van der Waals surface area contributed by atoms with Crippen LogP contribution in [0.15, 0.2) is 24.8 Å². The molecular formula is C14H19N. The highest BCUT2D eigenvalue weighted by molar-refractivity contribution is 5.61. The van der Waals surface area contributed by atoms with Gasteiger partial charge in [0, 0.05) is 11.1 Å². The molecule has 0 aliphatic heterocycles. The van der Waals surface area contributed by atoms with Gasteiger partial charge in [-0.05, 0) is 24.6 Å². The predicted molar refractivity (Wildman–Crippen MR) is 67.7 cm³/mol. The van der Waals surface area contributed by atoms with E-state index in [9.17, 15) is 0 Å². The number of hydrogen-bond acceptors (Lipinski definition) is 1. The summed E-state index contributed by atoms with van der Waals surface area (Å²) in [6.07, 6.45) is 5.86. The summed E-state index contributed by atoms with van der Waals surface area (Å²) in [5, 5.41) is 0. The highest BCUT2D eigenvalue weighted by Crippen LogP contribution is 2.22. The van der Waals surface area contributed by atoms with Crippen LogP contribution in [0.3, 0.4) is 0 Å². The topological polar surface area (TPSA) is 12.9 Å². The molecular weight excluding hydrogens is 182 g/mol. The molecule has 1 nitrogen and oxygen atoms in total. The number of hydrogen-bond donors (Lipinski definition) is 0. The minimum Gasteiger partial charge on any atom is -0.252 e. The molecule has 1 rings (SSSR count). The first kappa shape index (κ1) is 11.7. The van der Waals surface area contributed by atoms with E-state index in [0.29, 0.717) is 0 Å². The molecule has 0 aromatic carbocycles. The van der Waals surface area contributed by atoms with Crippen LogP contribution in [0.2, 0.25) is 0 Å². The first-order valence-corrected chi connectivity index (χ1v) is 5.25. The molecule has 0 aliphatic rings. The van der Waals surface area contributed by atoms with E-state index in [0.717, 1.165) is 17.0 Å². The minimum atomic E-state index is 0.0933. The molecule has 80 valence electrons.